The first kappa shape index (κ1) is 17.0. The van der Waals surface area contributed by atoms with E-state index in [-0.39, 0.29) is 12.5 Å². The number of pyridine rings is 2. The van der Waals surface area contributed by atoms with Gasteiger partial charge in [-0.2, -0.15) is 0 Å². The molecule has 3 aromatic rings. The first-order valence-electron chi connectivity index (χ1n) is 7.77. The van der Waals surface area contributed by atoms with E-state index in [1.807, 2.05) is 42.5 Å². The van der Waals surface area contributed by atoms with Gasteiger partial charge in [-0.1, -0.05) is 29.8 Å². The van der Waals surface area contributed by atoms with Crippen LogP contribution in [0.3, 0.4) is 0 Å². The summed E-state index contributed by atoms with van der Waals surface area (Å²) < 4.78 is 5.68. The summed E-state index contributed by atoms with van der Waals surface area (Å²) in [4.78, 5) is 12.8. The van der Waals surface area contributed by atoms with Crippen LogP contribution in [0.1, 0.15) is 11.5 Å². The maximum absolute atomic E-state index is 8.40. The standard InChI is InChI=1S/C19H17ClN4O/c1-22-11-15(16(21)12-25-14-5-3-2-4-6-14)13-9-18-17(23-10-13)7-8-19(20)24-18/h2-11,15,21H,12H2,1H3. The summed E-state index contributed by atoms with van der Waals surface area (Å²) in [5.74, 6) is 0.399. The maximum atomic E-state index is 8.40. The third-order valence-corrected chi connectivity index (χ3v) is 3.91. The number of hydrogen-bond acceptors (Lipinski definition) is 5. The molecule has 0 spiro atoms. The molecule has 126 valence electrons. The number of para-hydroxylation sites is 1. The van der Waals surface area contributed by atoms with E-state index in [0.29, 0.717) is 16.4 Å². The lowest BCUT2D eigenvalue weighted by Crippen LogP contribution is -2.20. The first-order valence-corrected chi connectivity index (χ1v) is 8.15. The Labute approximate surface area is 150 Å². The fourth-order valence-electron chi connectivity index (χ4n) is 2.46. The van der Waals surface area contributed by atoms with Crippen LogP contribution in [0.25, 0.3) is 11.0 Å². The molecule has 3 rings (SSSR count). The van der Waals surface area contributed by atoms with Gasteiger partial charge in [0.25, 0.3) is 0 Å². The van der Waals surface area contributed by atoms with Gasteiger partial charge in [0, 0.05) is 19.5 Å². The van der Waals surface area contributed by atoms with Crippen LogP contribution in [-0.2, 0) is 0 Å². The van der Waals surface area contributed by atoms with Gasteiger partial charge < -0.3 is 10.1 Å². The lowest BCUT2D eigenvalue weighted by Gasteiger charge is -2.15. The molecule has 2 heterocycles. The molecule has 0 radical (unpaired) electrons. The van der Waals surface area contributed by atoms with Gasteiger partial charge in [0.05, 0.1) is 22.7 Å². The van der Waals surface area contributed by atoms with Crippen LogP contribution in [0, 0.1) is 5.41 Å². The maximum Gasteiger partial charge on any atom is 0.129 e. The number of aliphatic imine (C=N–C) groups is 1. The van der Waals surface area contributed by atoms with Crippen molar-refractivity contribution in [1.82, 2.24) is 9.97 Å². The summed E-state index contributed by atoms with van der Waals surface area (Å²) in [6.07, 6.45) is 3.45. The molecule has 1 atom stereocenters. The van der Waals surface area contributed by atoms with Crippen LogP contribution in [-0.4, -0.2) is 35.5 Å². The van der Waals surface area contributed by atoms with Crippen LogP contribution in [0.15, 0.2) is 59.7 Å². The van der Waals surface area contributed by atoms with Crippen molar-refractivity contribution in [2.45, 2.75) is 5.92 Å². The zero-order valence-electron chi connectivity index (χ0n) is 13.7. The molecule has 0 bridgehead atoms. The van der Waals surface area contributed by atoms with Crippen LogP contribution < -0.4 is 4.74 Å². The minimum atomic E-state index is -0.327. The first-order chi connectivity index (χ1) is 12.2. The lowest BCUT2D eigenvalue weighted by atomic mass is 9.96. The SMILES string of the molecule is CN=CC(C(=N)COc1ccccc1)c1cnc2ccc(Cl)nc2c1. The molecule has 1 aromatic carbocycles. The van der Waals surface area contributed by atoms with E-state index in [4.69, 9.17) is 21.7 Å². The Morgan fingerprint density at radius 3 is 2.80 bits per heavy atom. The summed E-state index contributed by atoms with van der Waals surface area (Å²) >= 11 is 5.96. The third kappa shape index (κ3) is 4.19. The summed E-state index contributed by atoms with van der Waals surface area (Å²) in [5.41, 5.74) is 2.66. The van der Waals surface area contributed by atoms with E-state index in [9.17, 15) is 0 Å². The summed E-state index contributed by atoms with van der Waals surface area (Å²) in [7, 11) is 1.68. The van der Waals surface area contributed by atoms with E-state index < -0.39 is 0 Å². The second-order valence-corrected chi connectivity index (χ2v) is 5.84. The Morgan fingerprint density at radius 2 is 2.04 bits per heavy atom. The number of nitrogens with zero attached hydrogens (tertiary/aromatic N) is 3. The average Bonchev–Trinajstić information content (AvgIpc) is 2.64. The third-order valence-electron chi connectivity index (χ3n) is 3.69. The molecule has 0 aliphatic carbocycles. The number of aromatic nitrogens is 2. The second-order valence-electron chi connectivity index (χ2n) is 5.45. The van der Waals surface area contributed by atoms with Crippen molar-refractivity contribution >= 4 is 34.6 Å². The molecule has 5 nitrogen and oxygen atoms in total. The Bertz CT molecular complexity index is 912. The predicted octanol–water partition coefficient (Wildman–Crippen LogP) is 4.17. The molecule has 0 amide bonds. The molecule has 6 heteroatoms. The fraction of sp³-hybridized carbons (Fsp3) is 0.158. The highest BCUT2D eigenvalue weighted by atomic mass is 35.5. The van der Waals surface area contributed by atoms with Crippen molar-refractivity contribution in [3.05, 3.63) is 65.4 Å². The van der Waals surface area contributed by atoms with Gasteiger partial charge in [-0.05, 0) is 35.9 Å². The molecular formula is C19H17ClN4O. The second kappa shape index (κ2) is 7.85. The van der Waals surface area contributed by atoms with Gasteiger partial charge in [0.15, 0.2) is 0 Å². The van der Waals surface area contributed by atoms with Gasteiger partial charge in [0.1, 0.15) is 17.5 Å². The molecule has 2 aromatic heterocycles. The molecule has 1 unspecified atom stereocenters. The summed E-state index contributed by atoms with van der Waals surface area (Å²) in [6, 6.07) is 14.8. The molecule has 1 N–H and O–H groups in total. The Kier molecular flexibility index (Phi) is 5.36. The highest BCUT2D eigenvalue weighted by Gasteiger charge is 2.17. The van der Waals surface area contributed by atoms with Gasteiger partial charge in [-0.3, -0.25) is 9.98 Å². The Hall–Kier alpha value is -2.79. The molecule has 0 aliphatic heterocycles. The van der Waals surface area contributed by atoms with Gasteiger partial charge >= 0.3 is 0 Å². The van der Waals surface area contributed by atoms with Crippen LogP contribution in [0.5, 0.6) is 5.75 Å². The van der Waals surface area contributed by atoms with Gasteiger partial charge in [-0.15, -0.1) is 0 Å². The monoisotopic (exact) mass is 352 g/mol. The number of nitrogens with one attached hydrogen (secondary N) is 1. The van der Waals surface area contributed by atoms with Crippen molar-refractivity contribution in [2.75, 3.05) is 13.7 Å². The number of rotatable bonds is 6. The van der Waals surface area contributed by atoms with Crippen molar-refractivity contribution in [1.29, 1.82) is 5.41 Å². The fourth-order valence-corrected chi connectivity index (χ4v) is 2.62. The number of benzene rings is 1. The summed E-state index contributed by atoms with van der Waals surface area (Å²) in [5, 5.41) is 8.81. The molecule has 0 saturated heterocycles. The van der Waals surface area contributed by atoms with Crippen molar-refractivity contribution in [3.8, 4) is 5.75 Å². The van der Waals surface area contributed by atoms with E-state index in [0.717, 1.165) is 16.8 Å². The normalized spacial score (nSPS) is 12.4. The molecule has 25 heavy (non-hydrogen) atoms. The van der Waals surface area contributed by atoms with E-state index in [1.54, 1.807) is 25.5 Å². The predicted molar refractivity (Wildman–Crippen MR) is 101 cm³/mol. The number of fused-ring (bicyclic) bond motifs is 1. The zero-order valence-corrected chi connectivity index (χ0v) is 14.4. The number of ether oxygens (including phenoxy) is 1. The molecule has 0 aliphatic rings. The van der Waals surface area contributed by atoms with Crippen molar-refractivity contribution in [3.63, 3.8) is 0 Å². The number of halogens is 1. The lowest BCUT2D eigenvalue weighted by molar-refractivity contribution is 0.373. The quantitative estimate of drug-likeness (QED) is 0.534. The number of hydrogen-bond donors (Lipinski definition) is 1. The molecule has 0 fully saturated rings. The largest absolute Gasteiger partial charge is 0.488 e. The van der Waals surface area contributed by atoms with Gasteiger partial charge in [0.2, 0.25) is 0 Å². The smallest absolute Gasteiger partial charge is 0.129 e. The summed E-state index contributed by atoms with van der Waals surface area (Å²) in [6.45, 7) is 0.168. The molecular weight excluding hydrogens is 336 g/mol. The topological polar surface area (TPSA) is 71.2 Å². The Balaban J connectivity index is 1.83. The minimum absolute atomic E-state index is 0.168. The highest BCUT2D eigenvalue weighted by Crippen LogP contribution is 2.21. The van der Waals surface area contributed by atoms with Crippen molar-refractivity contribution in [2.24, 2.45) is 4.99 Å². The average molecular weight is 353 g/mol. The minimum Gasteiger partial charge on any atom is -0.488 e. The van der Waals surface area contributed by atoms with Gasteiger partial charge in [-0.25, -0.2) is 4.98 Å². The van der Waals surface area contributed by atoms with E-state index in [1.165, 1.54) is 0 Å². The highest BCUT2D eigenvalue weighted by molar-refractivity contribution is 6.29. The van der Waals surface area contributed by atoms with Crippen LogP contribution >= 0.6 is 11.6 Å². The molecule has 0 saturated carbocycles. The van der Waals surface area contributed by atoms with Crippen LogP contribution in [0.4, 0.5) is 0 Å². The van der Waals surface area contributed by atoms with Crippen LogP contribution in [0.2, 0.25) is 5.15 Å². The zero-order chi connectivity index (χ0) is 17.6. The van der Waals surface area contributed by atoms with Crippen molar-refractivity contribution < 1.29 is 4.74 Å². The Morgan fingerprint density at radius 1 is 1.24 bits per heavy atom. The van der Waals surface area contributed by atoms with E-state index >= 15 is 0 Å². The van der Waals surface area contributed by atoms with E-state index in [2.05, 4.69) is 15.0 Å².